The largest absolute Gasteiger partial charge is 0.484 e. The standard InChI is InChI=1S/C14H16N2O4/c1-9(17)10(2)20-12-8-16(15-13(12)14(18)19)11-6-4-3-5-7-11/h3-10,17H,1-2H3,(H,18,19). The van der Waals surface area contributed by atoms with Crippen LogP contribution < -0.4 is 4.74 Å². The number of benzene rings is 1. The van der Waals surface area contributed by atoms with Gasteiger partial charge in [-0.3, -0.25) is 0 Å². The lowest BCUT2D eigenvalue weighted by molar-refractivity contribution is 0.0559. The Morgan fingerprint density at radius 1 is 1.30 bits per heavy atom. The van der Waals surface area contributed by atoms with Crippen molar-refractivity contribution >= 4 is 5.97 Å². The smallest absolute Gasteiger partial charge is 0.360 e. The van der Waals surface area contributed by atoms with Crippen LogP contribution in [0.3, 0.4) is 0 Å². The highest BCUT2D eigenvalue weighted by Crippen LogP contribution is 2.21. The molecule has 0 aliphatic carbocycles. The lowest BCUT2D eigenvalue weighted by Gasteiger charge is -2.15. The Morgan fingerprint density at radius 3 is 2.50 bits per heavy atom. The molecule has 0 amide bonds. The molecule has 6 nitrogen and oxygen atoms in total. The van der Waals surface area contributed by atoms with Crippen LogP contribution in [0.15, 0.2) is 36.5 Å². The number of hydrogen-bond acceptors (Lipinski definition) is 4. The second kappa shape index (κ2) is 5.75. The quantitative estimate of drug-likeness (QED) is 0.868. The zero-order valence-corrected chi connectivity index (χ0v) is 11.2. The first-order chi connectivity index (χ1) is 9.49. The Hall–Kier alpha value is -2.34. The van der Waals surface area contributed by atoms with Crippen molar-refractivity contribution in [1.82, 2.24) is 9.78 Å². The molecule has 106 valence electrons. The molecule has 1 heterocycles. The van der Waals surface area contributed by atoms with Crippen molar-refractivity contribution in [3.8, 4) is 11.4 Å². The van der Waals surface area contributed by atoms with Gasteiger partial charge >= 0.3 is 5.97 Å². The van der Waals surface area contributed by atoms with E-state index in [-0.39, 0.29) is 11.4 Å². The normalized spacial score (nSPS) is 13.8. The van der Waals surface area contributed by atoms with Crippen LogP contribution in [0.1, 0.15) is 24.3 Å². The molecule has 2 aromatic rings. The minimum atomic E-state index is -1.17. The first kappa shape index (κ1) is 14.1. The average Bonchev–Trinajstić information content (AvgIpc) is 2.83. The molecule has 0 saturated carbocycles. The van der Waals surface area contributed by atoms with Gasteiger partial charge in [0.1, 0.15) is 6.10 Å². The molecular weight excluding hydrogens is 260 g/mol. The van der Waals surface area contributed by atoms with E-state index in [0.29, 0.717) is 0 Å². The minimum absolute atomic E-state index is 0.134. The van der Waals surface area contributed by atoms with E-state index in [1.54, 1.807) is 26.0 Å². The molecule has 0 saturated heterocycles. The first-order valence-electron chi connectivity index (χ1n) is 6.22. The first-order valence-corrected chi connectivity index (χ1v) is 6.22. The number of carbonyl (C=O) groups is 1. The van der Waals surface area contributed by atoms with Crippen LogP contribution in [0.4, 0.5) is 0 Å². The lowest BCUT2D eigenvalue weighted by atomic mass is 10.2. The monoisotopic (exact) mass is 276 g/mol. The topological polar surface area (TPSA) is 84.6 Å². The molecular formula is C14H16N2O4. The Balaban J connectivity index is 2.36. The molecule has 0 radical (unpaired) electrons. The Bertz CT molecular complexity index is 592. The number of aromatic carboxylic acids is 1. The third kappa shape index (κ3) is 2.97. The molecule has 0 aliphatic heterocycles. The fourth-order valence-corrected chi connectivity index (χ4v) is 1.60. The number of carboxylic acid groups (broad SMARTS) is 1. The minimum Gasteiger partial charge on any atom is -0.484 e. The van der Waals surface area contributed by atoms with Crippen LogP contribution in [-0.4, -0.2) is 38.2 Å². The maximum absolute atomic E-state index is 11.2. The summed E-state index contributed by atoms with van der Waals surface area (Å²) in [5.74, 6) is -1.04. The number of rotatable bonds is 5. The van der Waals surface area contributed by atoms with Gasteiger partial charge in [-0.2, -0.15) is 5.10 Å². The molecule has 6 heteroatoms. The van der Waals surface area contributed by atoms with Crippen LogP contribution in [0.25, 0.3) is 5.69 Å². The summed E-state index contributed by atoms with van der Waals surface area (Å²) >= 11 is 0. The van der Waals surface area contributed by atoms with Gasteiger partial charge in [0.25, 0.3) is 0 Å². The highest BCUT2D eigenvalue weighted by molar-refractivity contribution is 5.88. The highest BCUT2D eigenvalue weighted by Gasteiger charge is 2.21. The van der Waals surface area contributed by atoms with E-state index >= 15 is 0 Å². The molecule has 0 aliphatic rings. The van der Waals surface area contributed by atoms with E-state index in [1.165, 1.54) is 10.9 Å². The molecule has 2 atom stereocenters. The third-order valence-corrected chi connectivity index (χ3v) is 2.90. The van der Waals surface area contributed by atoms with Crippen molar-refractivity contribution in [2.24, 2.45) is 0 Å². The van der Waals surface area contributed by atoms with Crippen molar-refractivity contribution < 1.29 is 19.7 Å². The zero-order chi connectivity index (χ0) is 14.7. The van der Waals surface area contributed by atoms with E-state index in [9.17, 15) is 9.90 Å². The van der Waals surface area contributed by atoms with E-state index in [2.05, 4.69) is 5.10 Å². The molecule has 0 spiro atoms. The van der Waals surface area contributed by atoms with Gasteiger partial charge in [0.05, 0.1) is 18.0 Å². The zero-order valence-electron chi connectivity index (χ0n) is 11.2. The van der Waals surface area contributed by atoms with Crippen molar-refractivity contribution in [1.29, 1.82) is 0 Å². The summed E-state index contributed by atoms with van der Waals surface area (Å²) < 4.78 is 6.89. The van der Waals surface area contributed by atoms with E-state index in [1.807, 2.05) is 18.2 Å². The number of nitrogens with zero attached hydrogens (tertiary/aromatic N) is 2. The highest BCUT2D eigenvalue weighted by atomic mass is 16.5. The molecule has 0 bridgehead atoms. The summed E-state index contributed by atoms with van der Waals surface area (Å²) in [6.07, 6.45) is 0.260. The van der Waals surface area contributed by atoms with E-state index < -0.39 is 18.2 Å². The van der Waals surface area contributed by atoms with Gasteiger partial charge in [0.15, 0.2) is 5.75 Å². The number of ether oxygens (including phenoxy) is 1. The molecule has 20 heavy (non-hydrogen) atoms. The maximum Gasteiger partial charge on any atom is 0.360 e. The van der Waals surface area contributed by atoms with Crippen LogP contribution in [0.2, 0.25) is 0 Å². The number of hydrogen-bond donors (Lipinski definition) is 2. The summed E-state index contributed by atoms with van der Waals surface area (Å²) in [4.78, 5) is 11.2. The van der Waals surface area contributed by atoms with Gasteiger partial charge in [0, 0.05) is 0 Å². The van der Waals surface area contributed by atoms with Gasteiger partial charge in [-0.15, -0.1) is 0 Å². The maximum atomic E-state index is 11.2. The van der Waals surface area contributed by atoms with Crippen LogP contribution in [-0.2, 0) is 0 Å². The van der Waals surface area contributed by atoms with Gasteiger partial charge in [-0.1, -0.05) is 18.2 Å². The van der Waals surface area contributed by atoms with E-state index in [4.69, 9.17) is 9.84 Å². The van der Waals surface area contributed by atoms with E-state index in [0.717, 1.165) is 5.69 Å². The SMILES string of the molecule is CC(O)C(C)Oc1cn(-c2ccccc2)nc1C(=O)O. The summed E-state index contributed by atoms with van der Waals surface area (Å²) in [5.41, 5.74) is 0.552. The van der Waals surface area contributed by atoms with Crippen molar-refractivity contribution in [3.05, 3.63) is 42.2 Å². The average molecular weight is 276 g/mol. The third-order valence-electron chi connectivity index (χ3n) is 2.90. The molecule has 1 aromatic heterocycles. The number of aliphatic hydroxyl groups excluding tert-OH is 1. The number of aliphatic hydroxyl groups is 1. The number of carboxylic acids is 1. The van der Waals surface area contributed by atoms with Crippen LogP contribution >= 0.6 is 0 Å². The summed E-state index contributed by atoms with van der Waals surface area (Å²) in [5, 5.41) is 22.6. The predicted molar refractivity (Wildman–Crippen MR) is 72.3 cm³/mol. The second-order valence-corrected chi connectivity index (χ2v) is 4.49. The summed E-state index contributed by atoms with van der Waals surface area (Å²) in [7, 11) is 0. The van der Waals surface area contributed by atoms with Gasteiger partial charge in [-0.25, -0.2) is 9.48 Å². The van der Waals surface area contributed by atoms with Gasteiger partial charge in [-0.05, 0) is 26.0 Å². The Kier molecular flexibility index (Phi) is 4.05. The summed E-state index contributed by atoms with van der Waals surface area (Å²) in [6, 6.07) is 9.13. The van der Waals surface area contributed by atoms with Crippen molar-refractivity contribution in [3.63, 3.8) is 0 Å². The Morgan fingerprint density at radius 2 is 1.95 bits per heavy atom. The molecule has 2 N–H and O–H groups in total. The number of aromatic nitrogens is 2. The van der Waals surface area contributed by atoms with Gasteiger partial charge < -0.3 is 14.9 Å². The fourth-order valence-electron chi connectivity index (χ4n) is 1.60. The van der Waals surface area contributed by atoms with Crippen LogP contribution in [0.5, 0.6) is 5.75 Å². The molecule has 1 aromatic carbocycles. The molecule has 2 rings (SSSR count). The fraction of sp³-hybridized carbons (Fsp3) is 0.286. The second-order valence-electron chi connectivity index (χ2n) is 4.49. The molecule has 0 fully saturated rings. The predicted octanol–water partition coefficient (Wildman–Crippen LogP) is 1.72. The van der Waals surface area contributed by atoms with Crippen LogP contribution in [0, 0.1) is 0 Å². The van der Waals surface area contributed by atoms with Crippen molar-refractivity contribution in [2.45, 2.75) is 26.1 Å². The molecule has 2 unspecified atom stereocenters. The summed E-state index contributed by atoms with van der Waals surface area (Å²) in [6.45, 7) is 3.24. The van der Waals surface area contributed by atoms with Crippen molar-refractivity contribution in [2.75, 3.05) is 0 Å². The number of para-hydroxylation sites is 1. The lowest BCUT2D eigenvalue weighted by Crippen LogP contribution is -2.26. The Labute approximate surface area is 116 Å². The van der Waals surface area contributed by atoms with Gasteiger partial charge in [0.2, 0.25) is 5.69 Å².